The van der Waals surface area contributed by atoms with Crippen LogP contribution in [0.4, 0.5) is 0 Å². The van der Waals surface area contributed by atoms with Crippen LogP contribution in [-0.4, -0.2) is 56.1 Å². The van der Waals surface area contributed by atoms with Crippen molar-refractivity contribution >= 4 is 11.8 Å². The fourth-order valence-electron chi connectivity index (χ4n) is 2.15. The predicted molar refractivity (Wildman–Crippen MR) is 67.8 cm³/mol. The summed E-state index contributed by atoms with van der Waals surface area (Å²) in [4.78, 5) is 25.3. The number of hydrogen-bond donors (Lipinski definition) is 2. The summed E-state index contributed by atoms with van der Waals surface area (Å²) >= 11 is 0. The maximum Gasteiger partial charge on any atom is 0.242 e. The van der Waals surface area contributed by atoms with Gasteiger partial charge in [0, 0.05) is 33.9 Å². The van der Waals surface area contributed by atoms with Crippen molar-refractivity contribution in [2.45, 2.75) is 25.3 Å². The zero-order chi connectivity index (χ0) is 13.8. The first kappa shape index (κ1) is 14.9. The van der Waals surface area contributed by atoms with Crippen LogP contribution in [0.2, 0.25) is 0 Å². The molecule has 0 aromatic carbocycles. The molecule has 2 amide bonds. The van der Waals surface area contributed by atoms with E-state index in [9.17, 15) is 9.59 Å². The summed E-state index contributed by atoms with van der Waals surface area (Å²) in [5, 5.41) is 2.57. The molecule has 0 aromatic rings. The smallest absolute Gasteiger partial charge is 0.242 e. The van der Waals surface area contributed by atoms with Gasteiger partial charge in [-0.25, -0.2) is 0 Å². The summed E-state index contributed by atoms with van der Waals surface area (Å²) in [6.45, 7) is 3.19. The Kier molecular flexibility index (Phi) is 5.10. The maximum atomic E-state index is 12.3. The van der Waals surface area contributed by atoms with Gasteiger partial charge < -0.3 is 20.7 Å². The predicted octanol–water partition coefficient (Wildman–Crippen LogP) is -0.665. The Balaban J connectivity index is 2.57. The quantitative estimate of drug-likeness (QED) is 0.700. The molecular formula is C12H23N3O3. The highest BCUT2D eigenvalue weighted by atomic mass is 16.5. The van der Waals surface area contributed by atoms with Crippen molar-refractivity contribution in [3.8, 4) is 0 Å². The number of nitrogens with zero attached hydrogens (tertiary/aromatic N) is 1. The van der Waals surface area contributed by atoms with E-state index in [4.69, 9.17) is 10.5 Å². The zero-order valence-electron chi connectivity index (χ0n) is 11.4. The standard InChI is InChI=1S/C12H23N3O3/c1-9(10(16)14-2)8-15(3)11(17)12(13)4-6-18-7-5-12/h9H,4-8,13H2,1-3H3,(H,14,16). The molecule has 0 aromatic heterocycles. The van der Waals surface area contributed by atoms with Crippen LogP contribution in [0.15, 0.2) is 0 Å². The summed E-state index contributed by atoms with van der Waals surface area (Å²) in [5.74, 6) is -0.429. The maximum absolute atomic E-state index is 12.3. The monoisotopic (exact) mass is 257 g/mol. The van der Waals surface area contributed by atoms with Crippen LogP contribution in [0.5, 0.6) is 0 Å². The molecule has 1 rings (SSSR count). The zero-order valence-corrected chi connectivity index (χ0v) is 11.4. The minimum atomic E-state index is -0.838. The fourth-order valence-corrected chi connectivity index (χ4v) is 2.15. The Hall–Kier alpha value is -1.14. The van der Waals surface area contributed by atoms with Crippen molar-refractivity contribution in [3.63, 3.8) is 0 Å². The van der Waals surface area contributed by atoms with E-state index in [0.717, 1.165) is 0 Å². The lowest BCUT2D eigenvalue weighted by atomic mass is 9.89. The lowest BCUT2D eigenvalue weighted by molar-refractivity contribution is -0.140. The van der Waals surface area contributed by atoms with E-state index in [1.807, 2.05) is 0 Å². The number of nitrogens with two attached hydrogens (primary N) is 1. The lowest BCUT2D eigenvalue weighted by Gasteiger charge is -2.35. The Morgan fingerprint density at radius 1 is 1.44 bits per heavy atom. The topological polar surface area (TPSA) is 84.7 Å². The SMILES string of the molecule is CNC(=O)C(C)CN(C)C(=O)C1(N)CCOCC1. The van der Waals surface area contributed by atoms with E-state index in [1.165, 1.54) is 0 Å². The molecule has 1 heterocycles. The van der Waals surface area contributed by atoms with Crippen molar-refractivity contribution in [3.05, 3.63) is 0 Å². The summed E-state index contributed by atoms with van der Waals surface area (Å²) in [5.41, 5.74) is 5.28. The molecule has 1 saturated heterocycles. The summed E-state index contributed by atoms with van der Waals surface area (Å²) in [7, 11) is 3.27. The van der Waals surface area contributed by atoms with Crippen LogP contribution in [0.3, 0.4) is 0 Å². The molecule has 0 radical (unpaired) electrons. The highest BCUT2D eigenvalue weighted by molar-refractivity contribution is 5.87. The van der Waals surface area contributed by atoms with Gasteiger partial charge in [-0.3, -0.25) is 9.59 Å². The van der Waals surface area contributed by atoms with Crippen LogP contribution in [0.1, 0.15) is 19.8 Å². The van der Waals surface area contributed by atoms with E-state index >= 15 is 0 Å². The summed E-state index contributed by atoms with van der Waals surface area (Å²) < 4.78 is 5.22. The molecule has 3 N–H and O–H groups in total. The second-order valence-electron chi connectivity index (χ2n) is 4.97. The number of nitrogens with one attached hydrogen (secondary N) is 1. The van der Waals surface area contributed by atoms with Crippen LogP contribution >= 0.6 is 0 Å². The second kappa shape index (κ2) is 6.15. The van der Waals surface area contributed by atoms with Crippen LogP contribution in [0.25, 0.3) is 0 Å². The molecular weight excluding hydrogens is 234 g/mol. The van der Waals surface area contributed by atoms with Crippen LogP contribution in [-0.2, 0) is 14.3 Å². The number of carbonyl (C=O) groups is 2. The number of likely N-dealkylation sites (N-methyl/N-ethyl adjacent to an activating group) is 1. The molecule has 1 atom stereocenters. The van der Waals surface area contributed by atoms with Gasteiger partial charge in [0.25, 0.3) is 0 Å². The first-order valence-corrected chi connectivity index (χ1v) is 6.24. The van der Waals surface area contributed by atoms with Gasteiger partial charge in [0.2, 0.25) is 11.8 Å². The van der Waals surface area contributed by atoms with Crippen LogP contribution < -0.4 is 11.1 Å². The third kappa shape index (κ3) is 3.43. The van der Waals surface area contributed by atoms with Gasteiger partial charge in [0.15, 0.2) is 0 Å². The first-order chi connectivity index (χ1) is 8.40. The van der Waals surface area contributed by atoms with Crippen molar-refractivity contribution in [2.24, 2.45) is 11.7 Å². The van der Waals surface area contributed by atoms with Crippen LogP contribution in [0, 0.1) is 5.92 Å². The molecule has 0 saturated carbocycles. The van der Waals surface area contributed by atoms with Gasteiger partial charge in [-0.05, 0) is 12.8 Å². The van der Waals surface area contributed by atoms with Crippen molar-refractivity contribution in [2.75, 3.05) is 33.9 Å². The van der Waals surface area contributed by atoms with E-state index in [2.05, 4.69) is 5.32 Å². The largest absolute Gasteiger partial charge is 0.381 e. The number of hydrogen-bond acceptors (Lipinski definition) is 4. The van der Waals surface area contributed by atoms with Crippen molar-refractivity contribution in [1.29, 1.82) is 0 Å². The Labute approximate surface area is 108 Å². The van der Waals surface area contributed by atoms with Crippen molar-refractivity contribution < 1.29 is 14.3 Å². The van der Waals surface area contributed by atoms with Gasteiger partial charge in [-0.1, -0.05) is 6.92 Å². The van der Waals surface area contributed by atoms with E-state index in [-0.39, 0.29) is 17.7 Å². The minimum absolute atomic E-state index is 0.0762. The van der Waals surface area contributed by atoms with Gasteiger partial charge in [-0.15, -0.1) is 0 Å². The highest BCUT2D eigenvalue weighted by Crippen LogP contribution is 2.20. The molecule has 0 aliphatic carbocycles. The molecule has 1 aliphatic heterocycles. The van der Waals surface area contributed by atoms with Gasteiger partial charge >= 0.3 is 0 Å². The average molecular weight is 257 g/mol. The molecule has 6 heteroatoms. The van der Waals surface area contributed by atoms with Gasteiger partial charge in [0.05, 0.1) is 11.5 Å². The Morgan fingerprint density at radius 2 is 2.00 bits per heavy atom. The molecule has 1 unspecified atom stereocenters. The number of amides is 2. The lowest BCUT2D eigenvalue weighted by Crippen LogP contribution is -2.58. The molecule has 0 bridgehead atoms. The molecule has 1 fully saturated rings. The molecule has 18 heavy (non-hydrogen) atoms. The summed E-state index contributed by atoms with van der Waals surface area (Å²) in [6, 6.07) is 0. The average Bonchev–Trinajstić information content (AvgIpc) is 2.37. The number of rotatable bonds is 4. The molecule has 1 aliphatic rings. The number of ether oxygens (including phenoxy) is 1. The molecule has 104 valence electrons. The first-order valence-electron chi connectivity index (χ1n) is 6.24. The van der Waals surface area contributed by atoms with Gasteiger partial charge in [0.1, 0.15) is 0 Å². The minimum Gasteiger partial charge on any atom is -0.381 e. The molecule has 0 spiro atoms. The van der Waals surface area contributed by atoms with Gasteiger partial charge in [-0.2, -0.15) is 0 Å². The third-order valence-electron chi connectivity index (χ3n) is 3.40. The highest BCUT2D eigenvalue weighted by Gasteiger charge is 2.38. The third-order valence-corrected chi connectivity index (χ3v) is 3.40. The summed E-state index contributed by atoms with van der Waals surface area (Å²) in [6.07, 6.45) is 1.06. The normalized spacial score (nSPS) is 20.0. The van der Waals surface area contributed by atoms with Crippen molar-refractivity contribution in [1.82, 2.24) is 10.2 Å². The molecule has 6 nitrogen and oxygen atoms in total. The van der Waals surface area contributed by atoms with E-state index in [0.29, 0.717) is 32.6 Å². The second-order valence-corrected chi connectivity index (χ2v) is 4.97. The number of carbonyl (C=O) groups excluding carboxylic acids is 2. The van der Waals surface area contributed by atoms with E-state index < -0.39 is 5.54 Å². The fraction of sp³-hybridized carbons (Fsp3) is 0.833. The Bertz CT molecular complexity index is 314. The Morgan fingerprint density at radius 3 is 2.50 bits per heavy atom. The van der Waals surface area contributed by atoms with E-state index in [1.54, 1.807) is 25.9 Å².